The Kier molecular flexibility index (Phi) is 5.47. The molecule has 0 aliphatic carbocycles. The molecular formula is C15H10BrClFNO2. The van der Waals surface area contributed by atoms with Crippen LogP contribution in [0, 0.1) is 5.82 Å². The molecule has 1 aromatic carbocycles. The quantitative estimate of drug-likeness (QED) is 0.455. The van der Waals surface area contributed by atoms with Gasteiger partial charge < -0.3 is 4.74 Å². The van der Waals surface area contributed by atoms with Crippen molar-refractivity contribution in [2.75, 3.05) is 0 Å². The summed E-state index contributed by atoms with van der Waals surface area (Å²) in [4.78, 5) is 15.4. The van der Waals surface area contributed by atoms with E-state index in [1.165, 1.54) is 24.4 Å². The highest BCUT2D eigenvalue weighted by Crippen LogP contribution is 2.16. The lowest BCUT2D eigenvalue weighted by Gasteiger charge is -2.02. The number of hydrogen-bond acceptors (Lipinski definition) is 3. The van der Waals surface area contributed by atoms with E-state index < -0.39 is 11.8 Å². The van der Waals surface area contributed by atoms with E-state index in [0.717, 1.165) is 10.0 Å². The summed E-state index contributed by atoms with van der Waals surface area (Å²) in [7, 11) is 0. The molecule has 21 heavy (non-hydrogen) atoms. The average Bonchev–Trinajstić information content (AvgIpc) is 2.47. The summed E-state index contributed by atoms with van der Waals surface area (Å²) >= 11 is 8.89. The zero-order chi connectivity index (χ0) is 15.2. The SMILES string of the molecule is O=C(/C=C/c1cc(Br)ccc1F)OCc1ccc(Cl)nc1. The Morgan fingerprint density at radius 1 is 1.38 bits per heavy atom. The van der Waals surface area contributed by atoms with Crippen molar-refractivity contribution in [1.82, 2.24) is 4.98 Å². The molecule has 1 aromatic heterocycles. The highest BCUT2D eigenvalue weighted by molar-refractivity contribution is 9.10. The van der Waals surface area contributed by atoms with Crippen molar-refractivity contribution in [2.45, 2.75) is 6.61 Å². The Labute approximate surface area is 134 Å². The summed E-state index contributed by atoms with van der Waals surface area (Å²) < 4.78 is 19.2. The molecule has 0 amide bonds. The van der Waals surface area contributed by atoms with Crippen LogP contribution in [-0.4, -0.2) is 11.0 Å². The van der Waals surface area contributed by atoms with Gasteiger partial charge in [0, 0.05) is 27.9 Å². The van der Waals surface area contributed by atoms with Gasteiger partial charge in [-0.15, -0.1) is 0 Å². The van der Waals surface area contributed by atoms with Gasteiger partial charge in [-0.25, -0.2) is 14.2 Å². The number of pyridine rings is 1. The van der Waals surface area contributed by atoms with Gasteiger partial charge in [-0.2, -0.15) is 0 Å². The molecule has 0 radical (unpaired) electrons. The van der Waals surface area contributed by atoms with Gasteiger partial charge in [-0.1, -0.05) is 33.6 Å². The van der Waals surface area contributed by atoms with Gasteiger partial charge in [0.1, 0.15) is 17.6 Å². The van der Waals surface area contributed by atoms with Crippen molar-refractivity contribution in [3.05, 3.63) is 69.2 Å². The Bertz CT molecular complexity index is 674. The smallest absolute Gasteiger partial charge is 0.331 e. The van der Waals surface area contributed by atoms with Crippen molar-refractivity contribution >= 4 is 39.6 Å². The standard InChI is InChI=1S/C15H10BrClFNO2/c16-12-3-4-13(18)11(7-12)2-6-15(20)21-9-10-1-5-14(17)19-8-10/h1-8H,9H2/b6-2+. The maximum atomic E-state index is 13.5. The molecule has 3 nitrogen and oxygen atoms in total. The number of benzene rings is 1. The summed E-state index contributed by atoms with van der Waals surface area (Å²) in [6.07, 6.45) is 4.06. The van der Waals surface area contributed by atoms with Gasteiger partial charge in [0.05, 0.1) is 0 Å². The Balaban J connectivity index is 1.93. The first-order valence-corrected chi connectivity index (χ1v) is 7.12. The molecule has 2 aromatic rings. The van der Waals surface area contributed by atoms with Crippen molar-refractivity contribution in [1.29, 1.82) is 0 Å². The fraction of sp³-hybridized carbons (Fsp3) is 0.0667. The highest BCUT2D eigenvalue weighted by Gasteiger charge is 2.02. The van der Waals surface area contributed by atoms with Crippen LogP contribution >= 0.6 is 27.5 Å². The van der Waals surface area contributed by atoms with Crippen LogP contribution in [0.1, 0.15) is 11.1 Å². The van der Waals surface area contributed by atoms with Crippen LogP contribution in [0.4, 0.5) is 4.39 Å². The summed E-state index contributed by atoms with van der Waals surface area (Å²) in [5, 5.41) is 0.370. The molecule has 0 unspecified atom stereocenters. The predicted octanol–water partition coefficient (Wildman–Crippen LogP) is 4.39. The summed E-state index contributed by atoms with van der Waals surface area (Å²) in [6, 6.07) is 7.78. The molecule has 0 bridgehead atoms. The number of aromatic nitrogens is 1. The number of esters is 1. The second-order valence-electron chi connectivity index (χ2n) is 4.10. The third-order valence-electron chi connectivity index (χ3n) is 2.53. The summed E-state index contributed by atoms with van der Waals surface area (Å²) in [6.45, 7) is 0.0777. The number of rotatable bonds is 4. The molecule has 6 heteroatoms. The molecule has 108 valence electrons. The molecule has 0 fully saturated rings. The van der Waals surface area contributed by atoms with Crippen LogP contribution in [0.3, 0.4) is 0 Å². The molecule has 1 heterocycles. The Morgan fingerprint density at radius 3 is 2.90 bits per heavy atom. The fourth-order valence-corrected chi connectivity index (χ4v) is 1.99. The minimum atomic E-state index is -0.565. The van der Waals surface area contributed by atoms with Crippen LogP contribution in [0.2, 0.25) is 5.15 Å². The number of carbonyl (C=O) groups is 1. The number of nitrogens with zero attached hydrogens (tertiary/aromatic N) is 1. The van der Waals surface area contributed by atoms with Gasteiger partial charge in [-0.3, -0.25) is 0 Å². The van der Waals surface area contributed by atoms with Gasteiger partial charge >= 0.3 is 5.97 Å². The van der Waals surface area contributed by atoms with Crippen molar-refractivity contribution < 1.29 is 13.9 Å². The molecule has 2 rings (SSSR count). The summed E-state index contributed by atoms with van der Waals surface area (Å²) in [5.41, 5.74) is 1.02. The molecule has 0 aliphatic rings. The lowest BCUT2D eigenvalue weighted by atomic mass is 10.2. The van der Waals surface area contributed by atoms with E-state index in [4.69, 9.17) is 16.3 Å². The first-order chi connectivity index (χ1) is 10.0. The molecule has 0 atom stereocenters. The fourth-order valence-electron chi connectivity index (χ4n) is 1.49. The molecule has 0 spiro atoms. The van der Waals surface area contributed by atoms with Gasteiger partial charge in [0.15, 0.2) is 0 Å². The van der Waals surface area contributed by atoms with Crippen molar-refractivity contribution in [3.63, 3.8) is 0 Å². The predicted molar refractivity (Wildman–Crippen MR) is 82.2 cm³/mol. The van der Waals surface area contributed by atoms with E-state index >= 15 is 0 Å². The second kappa shape index (κ2) is 7.33. The highest BCUT2D eigenvalue weighted by atomic mass is 79.9. The van der Waals surface area contributed by atoms with Crippen LogP contribution < -0.4 is 0 Å². The number of carbonyl (C=O) groups excluding carboxylic acids is 1. The number of hydrogen-bond donors (Lipinski definition) is 0. The van der Waals surface area contributed by atoms with E-state index in [-0.39, 0.29) is 6.61 Å². The van der Waals surface area contributed by atoms with E-state index in [9.17, 15) is 9.18 Å². The summed E-state index contributed by atoms with van der Waals surface area (Å²) in [5.74, 6) is -0.978. The van der Waals surface area contributed by atoms with Gasteiger partial charge in [0.25, 0.3) is 0 Å². The normalized spacial score (nSPS) is 10.8. The van der Waals surface area contributed by atoms with E-state index in [0.29, 0.717) is 10.7 Å². The lowest BCUT2D eigenvalue weighted by Crippen LogP contribution is -2.01. The Morgan fingerprint density at radius 2 is 2.19 bits per heavy atom. The third kappa shape index (κ3) is 4.95. The van der Waals surface area contributed by atoms with Gasteiger partial charge in [0.2, 0.25) is 0 Å². The first kappa shape index (κ1) is 15.7. The zero-order valence-electron chi connectivity index (χ0n) is 10.7. The van der Waals surface area contributed by atoms with Crippen LogP contribution in [0.15, 0.2) is 47.1 Å². The maximum absolute atomic E-state index is 13.5. The third-order valence-corrected chi connectivity index (χ3v) is 3.24. The average molecular weight is 371 g/mol. The molecule has 0 aliphatic heterocycles. The number of halogens is 3. The monoisotopic (exact) mass is 369 g/mol. The van der Waals surface area contributed by atoms with E-state index in [1.54, 1.807) is 24.3 Å². The zero-order valence-corrected chi connectivity index (χ0v) is 13.1. The number of ether oxygens (including phenoxy) is 1. The van der Waals surface area contributed by atoms with Crippen molar-refractivity contribution in [3.8, 4) is 0 Å². The largest absolute Gasteiger partial charge is 0.458 e. The minimum absolute atomic E-state index is 0.0777. The Hall–Kier alpha value is -1.72. The minimum Gasteiger partial charge on any atom is -0.458 e. The second-order valence-corrected chi connectivity index (χ2v) is 5.40. The molecule has 0 N–H and O–H groups in total. The van der Waals surface area contributed by atoms with Crippen LogP contribution in [0.5, 0.6) is 0 Å². The topological polar surface area (TPSA) is 39.2 Å². The van der Waals surface area contributed by atoms with Crippen LogP contribution in [0.25, 0.3) is 6.08 Å². The molecular weight excluding hydrogens is 361 g/mol. The molecule has 0 saturated heterocycles. The van der Waals surface area contributed by atoms with Crippen molar-refractivity contribution in [2.24, 2.45) is 0 Å². The van der Waals surface area contributed by atoms with Crippen LogP contribution in [-0.2, 0) is 16.1 Å². The first-order valence-electron chi connectivity index (χ1n) is 5.95. The van der Waals surface area contributed by atoms with E-state index in [2.05, 4.69) is 20.9 Å². The van der Waals surface area contributed by atoms with Gasteiger partial charge in [-0.05, 0) is 30.3 Å². The van der Waals surface area contributed by atoms with E-state index in [1.807, 2.05) is 0 Å². The lowest BCUT2D eigenvalue weighted by molar-refractivity contribution is -0.138. The molecule has 0 saturated carbocycles. The maximum Gasteiger partial charge on any atom is 0.331 e.